The number of rotatable bonds is 2. The summed E-state index contributed by atoms with van der Waals surface area (Å²) in [6, 6.07) is 4.16. The molecular weight excluding hydrogens is 184 g/mol. The maximum Gasteiger partial charge on any atom is 0.0542 e. The van der Waals surface area contributed by atoms with Crippen LogP contribution in [0.1, 0.15) is 5.56 Å². The summed E-state index contributed by atoms with van der Waals surface area (Å²) in [7, 11) is 0. The van der Waals surface area contributed by atoms with E-state index in [4.69, 9.17) is 0 Å². The first kappa shape index (κ1) is 7.77. The highest BCUT2D eigenvalue weighted by Crippen LogP contribution is 2.30. The highest BCUT2D eigenvalue weighted by atomic mass is 32.1. The van der Waals surface area contributed by atoms with Gasteiger partial charge < -0.3 is 0 Å². The maximum atomic E-state index is 3.76. The van der Waals surface area contributed by atoms with Crippen molar-refractivity contribution in [3.05, 3.63) is 40.4 Å². The van der Waals surface area contributed by atoms with Gasteiger partial charge in [-0.2, -0.15) is 0 Å². The van der Waals surface area contributed by atoms with Crippen LogP contribution in [0.15, 0.2) is 29.5 Å². The molecule has 2 rings (SSSR count). The lowest BCUT2D eigenvalue weighted by Crippen LogP contribution is -1.69. The zero-order chi connectivity index (χ0) is 8.39. The fourth-order valence-electron chi connectivity index (χ4n) is 1.03. The van der Waals surface area contributed by atoms with E-state index in [0.29, 0.717) is 0 Å². The second kappa shape index (κ2) is 3.25. The van der Waals surface area contributed by atoms with Crippen LogP contribution < -0.4 is 0 Å². The Hall–Kier alpha value is -0.860. The molecule has 0 fully saturated rings. The minimum atomic E-state index is 1.18. The van der Waals surface area contributed by atoms with Crippen molar-refractivity contribution in [2.45, 2.75) is 0 Å². The Balaban J connectivity index is 2.53. The SMILES string of the molecule is C=Cc1cs[c]c1-c1cccs1. The molecule has 0 nitrogen and oxygen atoms in total. The van der Waals surface area contributed by atoms with Gasteiger partial charge in [0, 0.05) is 10.4 Å². The second-order valence-corrected chi connectivity index (χ2v) is 3.97. The van der Waals surface area contributed by atoms with E-state index in [-0.39, 0.29) is 0 Å². The van der Waals surface area contributed by atoms with Gasteiger partial charge in [0.05, 0.1) is 5.38 Å². The first-order valence-corrected chi connectivity index (χ1v) is 5.33. The normalized spacial score (nSPS) is 10.0. The Labute approximate surface area is 79.8 Å². The van der Waals surface area contributed by atoms with Crippen LogP contribution in [0.25, 0.3) is 16.5 Å². The zero-order valence-electron chi connectivity index (χ0n) is 6.41. The van der Waals surface area contributed by atoms with Crippen molar-refractivity contribution < 1.29 is 0 Å². The first-order chi connectivity index (χ1) is 5.92. The van der Waals surface area contributed by atoms with Crippen LogP contribution in [-0.4, -0.2) is 0 Å². The molecule has 0 aromatic carbocycles. The minimum absolute atomic E-state index is 1.18. The maximum absolute atomic E-state index is 3.76. The number of thiophene rings is 2. The highest BCUT2D eigenvalue weighted by Gasteiger charge is 2.03. The van der Waals surface area contributed by atoms with Gasteiger partial charge in [0.15, 0.2) is 0 Å². The molecule has 2 heterocycles. The molecule has 1 radical (unpaired) electrons. The Morgan fingerprint density at radius 1 is 1.50 bits per heavy atom. The van der Waals surface area contributed by atoms with E-state index in [2.05, 4.69) is 34.9 Å². The Kier molecular flexibility index (Phi) is 2.11. The van der Waals surface area contributed by atoms with Crippen molar-refractivity contribution in [1.29, 1.82) is 0 Å². The third-order valence-electron chi connectivity index (χ3n) is 1.62. The van der Waals surface area contributed by atoms with Gasteiger partial charge in [0.2, 0.25) is 0 Å². The molecule has 0 aliphatic rings. The van der Waals surface area contributed by atoms with Gasteiger partial charge in [0.1, 0.15) is 0 Å². The summed E-state index contributed by atoms with van der Waals surface area (Å²) in [6.07, 6.45) is 1.88. The van der Waals surface area contributed by atoms with Crippen LogP contribution in [0.3, 0.4) is 0 Å². The molecule has 59 valence electrons. The van der Waals surface area contributed by atoms with Crippen molar-refractivity contribution in [3.63, 3.8) is 0 Å². The van der Waals surface area contributed by atoms with Gasteiger partial charge in [-0.3, -0.25) is 0 Å². The molecule has 0 bridgehead atoms. The molecule has 12 heavy (non-hydrogen) atoms. The van der Waals surface area contributed by atoms with Gasteiger partial charge in [-0.25, -0.2) is 0 Å². The Bertz CT molecular complexity index is 368. The predicted octanol–water partition coefficient (Wildman–Crippen LogP) is 3.92. The van der Waals surface area contributed by atoms with E-state index in [1.807, 2.05) is 6.08 Å². The lowest BCUT2D eigenvalue weighted by Gasteiger charge is -1.92. The fourth-order valence-corrected chi connectivity index (χ4v) is 2.59. The van der Waals surface area contributed by atoms with Gasteiger partial charge in [-0.05, 0) is 22.4 Å². The summed E-state index contributed by atoms with van der Waals surface area (Å²) in [6.45, 7) is 3.76. The summed E-state index contributed by atoms with van der Waals surface area (Å²) >= 11 is 3.34. The average molecular weight is 191 g/mol. The van der Waals surface area contributed by atoms with Crippen LogP contribution in [0.5, 0.6) is 0 Å². The monoisotopic (exact) mass is 191 g/mol. The van der Waals surface area contributed by atoms with Crippen LogP contribution >= 0.6 is 22.7 Å². The van der Waals surface area contributed by atoms with Crippen molar-refractivity contribution in [3.8, 4) is 10.4 Å². The Morgan fingerprint density at radius 2 is 2.42 bits per heavy atom. The third-order valence-corrected chi connectivity index (χ3v) is 3.20. The molecule has 0 unspecified atom stereocenters. The molecule has 0 N–H and O–H groups in total. The molecule has 2 heteroatoms. The highest BCUT2D eigenvalue weighted by molar-refractivity contribution is 7.14. The van der Waals surface area contributed by atoms with Gasteiger partial charge in [-0.15, -0.1) is 22.7 Å². The molecular formula is C10H7S2. The molecule has 0 saturated carbocycles. The van der Waals surface area contributed by atoms with Crippen molar-refractivity contribution in [1.82, 2.24) is 0 Å². The summed E-state index contributed by atoms with van der Waals surface area (Å²) in [5, 5.41) is 7.39. The van der Waals surface area contributed by atoms with Crippen molar-refractivity contribution in [2.75, 3.05) is 0 Å². The summed E-state index contributed by atoms with van der Waals surface area (Å²) in [4.78, 5) is 1.27. The van der Waals surface area contributed by atoms with Crippen molar-refractivity contribution in [2.24, 2.45) is 0 Å². The predicted molar refractivity (Wildman–Crippen MR) is 56.6 cm³/mol. The minimum Gasteiger partial charge on any atom is -0.144 e. The fraction of sp³-hybridized carbons (Fsp3) is 0. The van der Waals surface area contributed by atoms with Crippen LogP contribution in [0.2, 0.25) is 0 Å². The zero-order valence-corrected chi connectivity index (χ0v) is 8.04. The molecule has 0 atom stereocenters. The summed E-state index contributed by atoms with van der Waals surface area (Å²) in [5.74, 6) is 0. The van der Waals surface area contributed by atoms with E-state index in [1.54, 1.807) is 22.7 Å². The molecule has 0 amide bonds. The molecule has 2 aromatic rings. The van der Waals surface area contributed by atoms with E-state index < -0.39 is 0 Å². The topological polar surface area (TPSA) is 0 Å². The first-order valence-electron chi connectivity index (χ1n) is 3.57. The van der Waals surface area contributed by atoms with Gasteiger partial charge >= 0.3 is 0 Å². The molecule has 0 aliphatic carbocycles. The number of hydrogen-bond acceptors (Lipinski definition) is 2. The molecule has 2 aromatic heterocycles. The van der Waals surface area contributed by atoms with E-state index in [0.717, 1.165) is 0 Å². The largest absolute Gasteiger partial charge is 0.144 e. The molecule has 0 aliphatic heterocycles. The van der Waals surface area contributed by atoms with Crippen LogP contribution in [0, 0.1) is 5.38 Å². The van der Waals surface area contributed by atoms with E-state index in [1.165, 1.54) is 16.0 Å². The van der Waals surface area contributed by atoms with Crippen molar-refractivity contribution >= 4 is 28.7 Å². The molecule has 0 saturated heterocycles. The van der Waals surface area contributed by atoms with Gasteiger partial charge in [-0.1, -0.05) is 18.7 Å². The van der Waals surface area contributed by atoms with Crippen LogP contribution in [0.4, 0.5) is 0 Å². The standard InChI is InChI=1S/C10H7S2/c1-2-8-6-11-7-9(8)10-4-3-5-12-10/h2-6H,1H2. The Morgan fingerprint density at radius 3 is 3.08 bits per heavy atom. The van der Waals surface area contributed by atoms with E-state index >= 15 is 0 Å². The van der Waals surface area contributed by atoms with Gasteiger partial charge in [0.25, 0.3) is 0 Å². The summed E-state index contributed by atoms with van der Waals surface area (Å²) < 4.78 is 0. The smallest absolute Gasteiger partial charge is 0.0542 e. The van der Waals surface area contributed by atoms with E-state index in [9.17, 15) is 0 Å². The average Bonchev–Trinajstić information content (AvgIpc) is 2.74. The lowest BCUT2D eigenvalue weighted by atomic mass is 10.2. The third kappa shape index (κ3) is 1.24. The quantitative estimate of drug-likeness (QED) is 0.675. The summed E-state index contributed by atoms with van der Waals surface area (Å²) in [5.41, 5.74) is 2.37. The lowest BCUT2D eigenvalue weighted by molar-refractivity contribution is 1.82. The second-order valence-electron chi connectivity index (χ2n) is 2.35. The molecule has 0 spiro atoms. The number of hydrogen-bond donors (Lipinski definition) is 0. The van der Waals surface area contributed by atoms with Crippen LogP contribution in [-0.2, 0) is 0 Å².